The van der Waals surface area contributed by atoms with Crippen molar-refractivity contribution in [2.24, 2.45) is 23.5 Å². The predicted molar refractivity (Wildman–Crippen MR) is 76.8 cm³/mol. The zero-order chi connectivity index (χ0) is 17.2. The van der Waals surface area contributed by atoms with E-state index in [1.807, 2.05) is 13.8 Å². The summed E-state index contributed by atoms with van der Waals surface area (Å²) in [6.07, 6.45) is -1.75. The highest BCUT2D eigenvalue weighted by Crippen LogP contribution is 2.38. The molecule has 2 atom stereocenters. The number of rotatable bonds is 5. The normalized spacial score (nSPS) is 21.7. The van der Waals surface area contributed by atoms with Crippen LogP contribution in [0, 0.1) is 17.8 Å². The van der Waals surface area contributed by atoms with Crippen molar-refractivity contribution in [2.45, 2.75) is 20.0 Å². The van der Waals surface area contributed by atoms with Gasteiger partial charge in [-0.3, -0.25) is 9.78 Å². The Kier molecular flexibility index (Phi) is 4.96. The van der Waals surface area contributed by atoms with Crippen LogP contribution >= 0.6 is 0 Å². The molecule has 1 aliphatic heterocycles. The van der Waals surface area contributed by atoms with Crippen LogP contribution in [0.5, 0.6) is 5.88 Å². The van der Waals surface area contributed by atoms with Crippen molar-refractivity contribution in [1.29, 1.82) is 0 Å². The number of amides is 1. The molecule has 1 aliphatic rings. The zero-order valence-corrected chi connectivity index (χ0v) is 12.9. The Labute approximate surface area is 131 Å². The molecule has 1 aromatic rings. The molecule has 6 nitrogen and oxygen atoms in total. The molecule has 1 aromatic heterocycles. The van der Waals surface area contributed by atoms with Crippen LogP contribution in [0.2, 0.25) is 0 Å². The third-order valence-corrected chi connectivity index (χ3v) is 3.59. The molecule has 2 heterocycles. The minimum atomic E-state index is -4.49. The van der Waals surface area contributed by atoms with Crippen molar-refractivity contribution in [2.75, 3.05) is 24.6 Å². The second-order valence-corrected chi connectivity index (χ2v) is 5.98. The molecule has 0 spiro atoms. The Morgan fingerprint density at radius 3 is 2.65 bits per heavy atom. The molecular formula is C14H19F3N4O2. The number of carbonyl (C=O) groups excluding carboxylic acids is 1. The molecule has 0 saturated carbocycles. The van der Waals surface area contributed by atoms with Gasteiger partial charge in [0.2, 0.25) is 11.8 Å². The summed E-state index contributed by atoms with van der Waals surface area (Å²) >= 11 is 0. The highest BCUT2D eigenvalue weighted by atomic mass is 19.4. The predicted octanol–water partition coefficient (Wildman–Crippen LogP) is 1.61. The second-order valence-electron chi connectivity index (χ2n) is 5.98. The van der Waals surface area contributed by atoms with Crippen molar-refractivity contribution in [3.63, 3.8) is 0 Å². The van der Waals surface area contributed by atoms with Gasteiger partial charge in [0.1, 0.15) is 0 Å². The molecule has 0 unspecified atom stereocenters. The van der Waals surface area contributed by atoms with Gasteiger partial charge in [-0.05, 0) is 5.92 Å². The average molecular weight is 332 g/mol. The first-order valence-corrected chi connectivity index (χ1v) is 7.24. The first kappa shape index (κ1) is 17.3. The van der Waals surface area contributed by atoms with E-state index in [2.05, 4.69) is 9.97 Å². The Balaban J connectivity index is 2.16. The summed E-state index contributed by atoms with van der Waals surface area (Å²) in [5, 5.41) is 0. The number of ether oxygens (including phenoxy) is 1. The zero-order valence-electron chi connectivity index (χ0n) is 12.9. The molecule has 1 saturated heterocycles. The number of hydrogen-bond donors (Lipinski definition) is 1. The van der Waals surface area contributed by atoms with Gasteiger partial charge in [0, 0.05) is 13.1 Å². The lowest BCUT2D eigenvalue weighted by Gasteiger charge is -2.19. The second kappa shape index (κ2) is 6.59. The summed E-state index contributed by atoms with van der Waals surface area (Å²) in [7, 11) is 0. The maximum Gasteiger partial charge on any atom is 0.394 e. The van der Waals surface area contributed by atoms with Crippen LogP contribution < -0.4 is 15.4 Å². The molecule has 128 valence electrons. The van der Waals surface area contributed by atoms with Gasteiger partial charge in [-0.25, -0.2) is 0 Å². The molecule has 0 bridgehead atoms. The van der Waals surface area contributed by atoms with Gasteiger partial charge in [-0.15, -0.1) is 0 Å². The molecule has 0 aliphatic carbocycles. The maximum atomic E-state index is 13.1. The van der Waals surface area contributed by atoms with E-state index in [-0.39, 0.29) is 30.7 Å². The lowest BCUT2D eigenvalue weighted by Crippen LogP contribution is -2.37. The number of hydrogen-bond acceptors (Lipinski definition) is 5. The van der Waals surface area contributed by atoms with Gasteiger partial charge < -0.3 is 15.4 Å². The number of halogens is 3. The minimum absolute atomic E-state index is 0.137. The monoisotopic (exact) mass is 332 g/mol. The SMILES string of the molecule is CC(C)COc1cncc(N2C[C@@H](C(F)(F)F)[C@H](C(N)=O)C2)n1. The van der Waals surface area contributed by atoms with Gasteiger partial charge in [-0.2, -0.15) is 18.2 Å². The van der Waals surface area contributed by atoms with Crippen LogP contribution in [0.1, 0.15) is 13.8 Å². The fourth-order valence-corrected chi connectivity index (χ4v) is 2.42. The van der Waals surface area contributed by atoms with Crippen molar-refractivity contribution in [3.8, 4) is 5.88 Å². The van der Waals surface area contributed by atoms with Gasteiger partial charge in [-0.1, -0.05) is 13.8 Å². The lowest BCUT2D eigenvalue weighted by molar-refractivity contribution is -0.181. The summed E-state index contributed by atoms with van der Waals surface area (Å²) in [4.78, 5) is 20.8. The largest absolute Gasteiger partial charge is 0.476 e. The summed E-state index contributed by atoms with van der Waals surface area (Å²) in [6, 6.07) is 0. The van der Waals surface area contributed by atoms with Crippen molar-refractivity contribution in [3.05, 3.63) is 12.4 Å². The highest BCUT2D eigenvalue weighted by Gasteiger charge is 2.52. The third kappa shape index (κ3) is 4.23. The van der Waals surface area contributed by atoms with Crippen molar-refractivity contribution >= 4 is 11.7 Å². The molecule has 1 amide bonds. The van der Waals surface area contributed by atoms with Gasteiger partial charge in [0.05, 0.1) is 30.8 Å². The van der Waals surface area contributed by atoms with E-state index in [4.69, 9.17) is 10.5 Å². The highest BCUT2D eigenvalue weighted by molar-refractivity contribution is 5.78. The van der Waals surface area contributed by atoms with Crippen LogP contribution in [-0.4, -0.2) is 41.7 Å². The smallest absolute Gasteiger partial charge is 0.394 e. The van der Waals surface area contributed by atoms with E-state index in [0.29, 0.717) is 6.61 Å². The van der Waals surface area contributed by atoms with E-state index in [9.17, 15) is 18.0 Å². The molecule has 9 heteroatoms. The standard InChI is InChI=1S/C14H19F3N4O2/c1-8(2)7-23-12-4-19-3-11(20-12)21-5-9(13(18)22)10(6-21)14(15,16)17/h3-4,8-10H,5-7H2,1-2H3,(H2,18,22)/t9-,10-/m1/s1. The van der Waals surface area contributed by atoms with E-state index in [1.54, 1.807) is 0 Å². The number of aromatic nitrogens is 2. The number of nitrogens with two attached hydrogens (primary N) is 1. The molecule has 1 fully saturated rings. The average Bonchev–Trinajstić information content (AvgIpc) is 2.91. The molecule has 2 rings (SSSR count). The van der Waals surface area contributed by atoms with E-state index < -0.39 is 23.9 Å². The van der Waals surface area contributed by atoms with E-state index in [1.165, 1.54) is 17.3 Å². The number of anilines is 1. The topological polar surface area (TPSA) is 81.3 Å². The van der Waals surface area contributed by atoms with Gasteiger partial charge >= 0.3 is 6.18 Å². The Morgan fingerprint density at radius 2 is 2.13 bits per heavy atom. The minimum Gasteiger partial charge on any atom is -0.476 e. The number of carbonyl (C=O) groups is 1. The number of alkyl halides is 3. The first-order chi connectivity index (χ1) is 10.7. The summed E-state index contributed by atoms with van der Waals surface area (Å²) in [5.74, 6) is -3.30. The third-order valence-electron chi connectivity index (χ3n) is 3.59. The van der Waals surface area contributed by atoms with Crippen LogP contribution in [0.4, 0.5) is 19.0 Å². The number of primary amides is 1. The molecule has 23 heavy (non-hydrogen) atoms. The van der Waals surface area contributed by atoms with E-state index in [0.717, 1.165) is 0 Å². The Hall–Kier alpha value is -2.06. The van der Waals surface area contributed by atoms with Crippen LogP contribution in [0.3, 0.4) is 0 Å². The fraction of sp³-hybridized carbons (Fsp3) is 0.643. The van der Waals surface area contributed by atoms with Crippen LogP contribution in [0.15, 0.2) is 12.4 Å². The summed E-state index contributed by atoms with van der Waals surface area (Å²) < 4.78 is 44.6. The molecule has 0 aromatic carbocycles. The van der Waals surface area contributed by atoms with Gasteiger partial charge in [0.25, 0.3) is 0 Å². The molecule has 0 radical (unpaired) electrons. The maximum absolute atomic E-state index is 13.1. The van der Waals surface area contributed by atoms with Crippen molar-refractivity contribution in [1.82, 2.24) is 9.97 Å². The van der Waals surface area contributed by atoms with Crippen LogP contribution in [-0.2, 0) is 4.79 Å². The Morgan fingerprint density at radius 1 is 1.43 bits per heavy atom. The van der Waals surface area contributed by atoms with Crippen LogP contribution in [0.25, 0.3) is 0 Å². The number of nitrogens with zero attached hydrogens (tertiary/aromatic N) is 3. The Bertz CT molecular complexity index is 565. The van der Waals surface area contributed by atoms with Gasteiger partial charge in [0.15, 0.2) is 5.82 Å². The molecule has 2 N–H and O–H groups in total. The summed E-state index contributed by atoms with van der Waals surface area (Å²) in [6.45, 7) is 3.83. The first-order valence-electron chi connectivity index (χ1n) is 7.24. The van der Waals surface area contributed by atoms with Crippen molar-refractivity contribution < 1.29 is 22.7 Å². The quantitative estimate of drug-likeness (QED) is 0.886. The van der Waals surface area contributed by atoms with E-state index >= 15 is 0 Å². The summed E-state index contributed by atoms with van der Waals surface area (Å²) in [5.41, 5.74) is 5.11. The molecular weight excluding hydrogens is 313 g/mol. The lowest BCUT2D eigenvalue weighted by atomic mass is 9.95. The fourth-order valence-electron chi connectivity index (χ4n) is 2.42.